The zero-order chi connectivity index (χ0) is 24.5. The van der Waals surface area contributed by atoms with Crippen LogP contribution in [0, 0.1) is 6.92 Å². The van der Waals surface area contributed by atoms with Crippen LogP contribution in [-0.4, -0.2) is 69.8 Å². The topological polar surface area (TPSA) is 73.2 Å². The number of carbonyl (C=O) groups is 1. The summed E-state index contributed by atoms with van der Waals surface area (Å²) in [5.41, 5.74) is 0.458. The van der Waals surface area contributed by atoms with Crippen LogP contribution in [0.4, 0.5) is 0 Å². The van der Waals surface area contributed by atoms with Crippen molar-refractivity contribution in [1.29, 1.82) is 0 Å². The summed E-state index contributed by atoms with van der Waals surface area (Å²) in [6.45, 7) is 7.52. The van der Waals surface area contributed by atoms with Gasteiger partial charge in [0.1, 0.15) is 6.10 Å². The Hall–Kier alpha value is -2.61. The Balaban J connectivity index is 1.39. The number of aromatic hydroxyl groups is 1. The average molecular weight is 493 g/mol. The molecule has 6 rings (SSSR count). The van der Waals surface area contributed by atoms with Crippen molar-refractivity contribution in [3.63, 3.8) is 0 Å². The van der Waals surface area contributed by atoms with Crippen LogP contribution < -0.4 is 4.74 Å². The summed E-state index contributed by atoms with van der Waals surface area (Å²) in [5, 5.41) is 23.2. The van der Waals surface area contributed by atoms with Crippen molar-refractivity contribution in [2.45, 2.75) is 61.8 Å². The number of hydrogen-bond acceptors (Lipinski definition) is 6. The van der Waals surface area contributed by atoms with Crippen LogP contribution in [0.25, 0.3) is 6.08 Å². The van der Waals surface area contributed by atoms with Gasteiger partial charge in [-0.3, -0.25) is 9.69 Å². The molecular weight excluding hydrogens is 460 g/mol. The molecule has 1 saturated heterocycles. The maximum atomic E-state index is 13.3. The van der Waals surface area contributed by atoms with Gasteiger partial charge in [-0.1, -0.05) is 12.1 Å². The standard InChI is InChI=1S/C28H32N2O4S/c1-4-14-30-15-13-27-24-18-6-9-21(31)25(24)34-26(27)20(11-12-28(27,33)22(30)16-18)29(3)23(32)10-8-19-7-5-17(2)35-19/h4-10,20,22,26,31,33H,1,11-16H2,2-3H3/b10-8+/t20-,22+,26-,27-,28+/m0/s1. The van der Waals surface area contributed by atoms with Crippen molar-refractivity contribution in [2.24, 2.45) is 0 Å². The summed E-state index contributed by atoms with van der Waals surface area (Å²) < 4.78 is 6.56. The predicted octanol–water partition coefficient (Wildman–Crippen LogP) is 3.64. The molecule has 5 atom stereocenters. The molecule has 35 heavy (non-hydrogen) atoms. The summed E-state index contributed by atoms with van der Waals surface area (Å²) in [4.78, 5) is 19.6. The number of piperidine rings is 1. The van der Waals surface area contributed by atoms with Gasteiger partial charge >= 0.3 is 0 Å². The third-order valence-corrected chi connectivity index (χ3v) is 9.87. The zero-order valence-corrected chi connectivity index (χ0v) is 21.1. The number of aliphatic hydroxyl groups is 1. The van der Waals surface area contributed by atoms with Gasteiger partial charge in [-0.2, -0.15) is 0 Å². The van der Waals surface area contributed by atoms with E-state index in [-0.39, 0.29) is 23.7 Å². The second kappa shape index (κ2) is 7.95. The van der Waals surface area contributed by atoms with Gasteiger partial charge in [0.25, 0.3) is 0 Å². The molecule has 1 aromatic carbocycles. The van der Waals surface area contributed by atoms with Crippen LogP contribution in [0.1, 0.15) is 40.1 Å². The summed E-state index contributed by atoms with van der Waals surface area (Å²) in [7, 11) is 1.83. The molecule has 3 heterocycles. The van der Waals surface area contributed by atoms with E-state index in [1.165, 1.54) is 4.88 Å². The highest BCUT2D eigenvalue weighted by molar-refractivity contribution is 7.12. The summed E-state index contributed by atoms with van der Waals surface area (Å²) in [6, 6.07) is 7.50. The Bertz CT molecular complexity index is 1240. The Morgan fingerprint density at radius 3 is 2.91 bits per heavy atom. The lowest BCUT2D eigenvalue weighted by atomic mass is 9.48. The SMILES string of the molecule is C=CCN1CC[C@]23c4c5ccc(O)c4O[C@H]2[C@@H](N(C)C(=O)/C=C/c2ccc(C)s2)CC[C@@]3(O)[C@H]1C5. The van der Waals surface area contributed by atoms with Crippen molar-refractivity contribution in [2.75, 3.05) is 20.1 Å². The van der Waals surface area contributed by atoms with E-state index in [0.717, 1.165) is 29.1 Å². The molecule has 1 spiro atoms. The third kappa shape index (κ3) is 3.04. The first-order valence-electron chi connectivity index (χ1n) is 12.4. The number of amides is 1. The number of carbonyl (C=O) groups excluding carboxylic acids is 1. The molecule has 6 nitrogen and oxygen atoms in total. The number of rotatable bonds is 5. The van der Waals surface area contributed by atoms with Crippen molar-refractivity contribution in [3.8, 4) is 11.5 Å². The van der Waals surface area contributed by atoms with E-state index in [0.29, 0.717) is 31.4 Å². The number of nitrogens with zero attached hydrogens (tertiary/aromatic N) is 2. The second-order valence-electron chi connectivity index (χ2n) is 10.5. The molecule has 2 aromatic rings. The number of thiophene rings is 1. The number of phenols is 1. The van der Waals surface area contributed by atoms with E-state index in [9.17, 15) is 15.0 Å². The monoisotopic (exact) mass is 492 g/mol. The largest absolute Gasteiger partial charge is 0.504 e. The van der Waals surface area contributed by atoms with Crippen molar-refractivity contribution in [1.82, 2.24) is 9.80 Å². The fourth-order valence-corrected chi connectivity index (χ4v) is 8.14. The van der Waals surface area contributed by atoms with E-state index in [4.69, 9.17) is 4.74 Å². The van der Waals surface area contributed by atoms with E-state index in [1.54, 1.807) is 28.4 Å². The lowest BCUT2D eigenvalue weighted by Crippen LogP contribution is -2.78. The number of likely N-dealkylation sites (tertiary alicyclic amines) is 1. The summed E-state index contributed by atoms with van der Waals surface area (Å²) >= 11 is 1.65. The molecule has 2 fully saturated rings. The second-order valence-corrected chi connectivity index (χ2v) is 11.8. The number of aryl methyl sites for hydroxylation is 1. The van der Waals surface area contributed by atoms with Crippen LogP contribution in [0.15, 0.2) is 43.0 Å². The zero-order valence-electron chi connectivity index (χ0n) is 20.2. The highest BCUT2D eigenvalue weighted by atomic mass is 32.1. The first kappa shape index (κ1) is 22.8. The fraction of sp³-hybridized carbons (Fsp3) is 0.464. The number of hydrogen-bond donors (Lipinski definition) is 2. The fourth-order valence-electron chi connectivity index (χ4n) is 7.36. The number of likely N-dealkylation sites (N-methyl/N-ethyl adjacent to an activating group) is 1. The van der Waals surface area contributed by atoms with Gasteiger partial charge in [0.05, 0.1) is 17.1 Å². The Morgan fingerprint density at radius 1 is 1.34 bits per heavy atom. The van der Waals surface area contributed by atoms with E-state index >= 15 is 0 Å². The molecule has 0 radical (unpaired) electrons. The number of benzene rings is 1. The minimum atomic E-state index is -0.990. The molecule has 1 amide bonds. The van der Waals surface area contributed by atoms with Crippen LogP contribution in [0.5, 0.6) is 11.5 Å². The summed E-state index contributed by atoms with van der Waals surface area (Å²) in [6.07, 6.45) is 7.63. The molecule has 0 unspecified atom stereocenters. The third-order valence-electron chi connectivity index (χ3n) is 8.90. The maximum absolute atomic E-state index is 13.3. The van der Waals surface area contributed by atoms with Gasteiger partial charge in [0.15, 0.2) is 11.5 Å². The van der Waals surface area contributed by atoms with Gasteiger partial charge in [-0.15, -0.1) is 17.9 Å². The lowest BCUT2D eigenvalue weighted by Gasteiger charge is -2.64. The van der Waals surface area contributed by atoms with Crippen LogP contribution in [-0.2, 0) is 16.6 Å². The van der Waals surface area contributed by atoms with Crippen LogP contribution in [0.3, 0.4) is 0 Å². The highest BCUT2D eigenvalue weighted by Gasteiger charge is 2.73. The molecule has 2 N–H and O–H groups in total. The highest BCUT2D eigenvalue weighted by Crippen LogP contribution is 2.65. The average Bonchev–Trinajstić information content (AvgIpc) is 3.41. The van der Waals surface area contributed by atoms with E-state index < -0.39 is 17.1 Å². The Labute approximate surface area is 210 Å². The normalized spacial score (nSPS) is 32.8. The van der Waals surface area contributed by atoms with E-state index in [2.05, 4.69) is 18.4 Å². The van der Waals surface area contributed by atoms with Crippen molar-refractivity contribution < 1.29 is 19.7 Å². The van der Waals surface area contributed by atoms with Gasteiger partial charge < -0.3 is 19.8 Å². The van der Waals surface area contributed by atoms with E-state index in [1.807, 2.05) is 37.4 Å². The molecule has 2 aliphatic carbocycles. The predicted molar refractivity (Wildman–Crippen MR) is 137 cm³/mol. The molecular formula is C28H32N2O4S. The number of phenolic OH excluding ortho intramolecular Hbond substituents is 1. The van der Waals surface area contributed by atoms with Gasteiger partial charge in [0.2, 0.25) is 5.91 Å². The molecule has 1 aromatic heterocycles. The van der Waals surface area contributed by atoms with Crippen molar-refractivity contribution in [3.05, 3.63) is 63.9 Å². The first-order chi connectivity index (χ1) is 16.8. The Morgan fingerprint density at radius 2 is 2.17 bits per heavy atom. The summed E-state index contributed by atoms with van der Waals surface area (Å²) in [5.74, 6) is 0.532. The molecule has 4 aliphatic rings. The molecule has 1 saturated carbocycles. The number of ether oxygens (including phenoxy) is 1. The van der Waals surface area contributed by atoms with Gasteiger partial charge in [0, 0.05) is 41.0 Å². The molecule has 7 heteroatoms. The van der Waals surface area contributed by atoms with Gasteiger partial charge in [-0.25, -0.2) is 0 Å². The molecule has 2 bridgehead atoms. The molecule has 184 valence electrons. The van der Waals surface area contributed by atoms with Gasteiger partial charge in [-0.05, 0) is 69.0 Å². The molecule has 2 aliphatic heterocycles. The minimum absolute atomic E-state index is 0.0488. The Kier molecular flexibility index (Phi) is 5.18. The smallest absolute Gasteiger partial charge is 0.246 e. The minimum Gasteiger partial charge on any atom is -0.504 e. The maximum Gasteiger partial charge on any atom is 0.246 e. The quantitative estimate of drug-likeness (QED) is 0.493. The lowest BCUT2D eigenvalue weighted by molar-refractivity contribution is -0.198. The van der Waals surface area contributed by atoms with Crippen LogP contribution in [0.2, 0.25) is 0 Å². The van der Waals surface area contributed by atoms with Crippen molar-refractivity contribution >= 4 is 23.3 Å². The van der Waals surface area contributed by atoms with Crippen LogP contribution >= 0.6 is 11.3 Å². The first-order valence-corrected chi connectivity index (χ1v) is 13.2.